The van der Waals surface area contributed by atoms with E-state index < -0.39 is 34.3 Å². The van der Waals surface area contributed by atoms with Crippen LogP contribution >= 0.6 is 0 Å². The molecular weight excluding hydrogens is 359 g/mol. The third-order valence-corrected chi connectivity index (χ3v) is 3.71. The third-order valence-electron chi connectivity index (χ3n) is 3.12. The van der Waals surface area contributed by atoms with Gasteiger partial charge < -0.3 is 4.74 Å². The number of sulfonamides is 1. The van der Waals surface area contributed by atoms with Crippen LogP contribution in [0.1, 0.15) is 21.5 Å². The van der Waals surface area contributed by atoms with Crippen LogP contribution in [-0.2, 0) is 27.5 Å². The van der Waals surface area contributed by atoms with Crippen LogP contribution in [0.5, 0.6) is 0 Å². The van der Waals surface area contributed by atoms with E-state index in [1.807, 2.05) is 0 Å². The first-order valence-corrected chi connectivity index (χ1v) is 8.86. The number of anilines is 1. The number of benzene rings is 2. The summed E-state index contributed by atoms with van der Waals surface area (Å²) in [5, 5.41) is 0. The zero-order chi connectivity index (χ0) is 18.7. The van der Waals surface area contributed by atoms with Gasteiger partial charge in [0, 0.05) is 5.56 Å². The molecule has 0 fully saturated rings. The Morgan fingerprint density at radius 2 is 1.68 bits per heavy atom. The molecule has 0 amide bonds. The molecule has 9 heteroatoms. The average Bonchev–Trinajstić information content (AvgIpc) is 2.51. The molecule has 0 aliphatic heterocycles. The molecule has 0 atom stereocenters. The molecule has 1 N–H and O–H groups in total. The molecular formula is C16H14F3NO4S. The molecule has 0 aromatic heterocycles. The van der Waals surface area contributed by atoms with Gasteiger partial charge in [0.15, 0.2) is 0 Å². The van der Waals surface area contributed by atoms with Crippen LogP contribution in [-0.4, -0.2) is 20.6 Å². The van der Waals surface area contributed by atoms with E-state index in [1.54, 1.807) is 0 Å². The van der Waals surface area contributed by atoms with E-state index in [9.17, 15) is 26.4 Å². The summed E-state index contributed by atoms with van der Waals surface area (Å²) in [6, 6.07) is 10.4. The Morgan fingerprint density at radius 1 is 1.08 bits per heavy atom. The van der Waals surface area contributed by atoms with Gasteiger partial charge in [0.05, 0.1) is 23.1 Å². The number of hydrogen-bond acceptors (Lipinski definition) is 4. The van der Waals surface area contributed by atoms with E-state index >= 15 is 0 Å². The monoisotopic (exact) mass is 373 g/mol. The molecule has 0 aliphatic rings. The van der Waals surface area contributed by atoms with Crippen LogP contribution in [0.3, 0.4) is 0 Å². The van der Waals surface area contributed by atoms with Gasteiger partial charge in [-0.25, -0.2) is 13.2 Å². The Hall–Kier alpha value is -2.55. The maximum Gasteiger partial charge on any atom is 0.416 e. The Morgan fingerprint density at radius 3 is 2.32 bits per heavy atom. The zero-order valence-corrected chi connectivity index (χ0v) is 13.8. The summed E-state index contributed by atoms with van der Waals surface area (Å²) in [6.45, 7) is -0.596. The molecule has 0 aliphatic carbocycles. The Kier molecular flexibility index (Phi) is 5.36. The van der Waals surface area contributed by atoms with Crippen LogP contribution in [0.15, 0.2) is 48.5 Å². The lowest BCUT2D eigenvalue weighted by molar-refractivity contribution is -0.138. The van der Waals surface area contributed by atoms with Gasteiger partial charge in [-0.15, -0.1) is 0 Å². The second kappa shape index (κ2) is 7.14. The highest BCUT2D eigenvalue weighted by Crippen LogP contribution is 2.32. The summed E-state index contributed by atoms with van der Waals surface area (Å²) in [6.07, 6.45) is -3.66. The highest BCUT2D eigenvalue weighted by Gasteiger charge is 2.33. The topological polar surface area (TPSA) is 72.5 Å². The molecule has 2 aromatic carbocycles. The Balaban J connectivity index is 2.20. The van der Waals surface area contributed by atoms with Crippen molar-refractivity contribution in [1.82, 2.24) is 0 Å². The minimum atomic E-state index is -4.57. The van der Waals surface area contributed by atoms with Crippen molar-refractivity contribution in [3.8, 4) is 0 Å². The number of rotatable bonds is 5. The minimum Gasteiger partial charge on any atom is -0.457 e. The molecule has 2 rings (SSSR count). The van der Waals surface area contributed by atoms with Gasteiger partial charge in [0.1, 0.15) is 6.61 Å². The van der Waals surface area contributed by atoms with Crippen LogP contribution < -0.4 is 4.72 Å². The van der Waals surface area contributed by atoms with Crippen LogP contribution in [0.2, 0.25) is 0 Å². The van der Waals surface area contributed by atoms with Crippen LogP contribution in [0.25, 0.3) is 0 Å². The summed E-state index contributed by atoms with van der Waals surface area (Å²) in [7, 11) is -3.63. The highest BCUT2D eigenvalue weighted by atomic mass is 32.2. The first-order valence-electron chi connectivity index (χ1n) is 6.97. The van der Waals surface area contributed by atoms with Crippen LogP contribution in [0, 0.1) is 0 Å². The van der Waals surface area contributed by atoms with Gasteiger partial charge in [-0.3, -0.25) is 4.72 Å². The summed E-state index contributed by atoms with van der Waals surface area (Å²) in [5.41, 5.74) is -1.21. The lowest BCUT2D eigenvalue weighted by Crippen LogP contribution is -2.15. The van der Waals surface area contributed by atoms with E-state index in [1.165, 1.54) is 42.5 Å². The second-order valence-corrected chi connectivity index (χ2v) is 6.90. The van der Waals surface area contributed by atoms with Crippen molar-refractivity contribution in [3.05, 3.63) is 65.2 Å². The number of esters is 1. The van der Waals surface area contributed by atoms with Crippen molar-refractivity contribution in [2.45, 2.75) is 12.8 Å². The van der Waals surface area contributed by atoms with E-state index in [2.05, 4.69) is 4.72 Å². The summed E-state index contributed by atoms with van der Waals surface area (Å²) < 4.78 is 68.5. The molecule has 0 heterocycles. The first kappa shape index (κ1) is 18.8. The van der Waals surface area contributed by atoms with Crippen molar-refractivity contribution < 1.29 is 31.1 Å². The Bertz CT molecular complexity index is 879. The second-order valence-electron chi connectivity index (χ2n) is 5.15. The number of nitrogens with one attached hydrogen (secondary N) is 1. The fraction of sp³-hybridized carbons (Fsp3) is 0.188. The van der Waals surface area contributed by atoms with Gasteiger partial charge in [0.25, 0.3) is 0 Å². The van der Waals surface area contributed by atoms with Crippen molar-refractivity contribution in [2.24, 2.45) is 0 Å². The largest absolute Gasteiger partial charge is 0.457 e. The molecule has 0 unspecified atom stereocenters. The molecule has 134 valence electrons. The maximum atomic E-state index is 12.9. The maximum absolute atomic E-state index is 12.9. The minimum absolute atomic E-state index is 0.0147. The lowest BCUT2D eigenvalue weighted by atomic mass is 10.1. The molecule has 25 heavy (non-hydrogen) atoms. The molecule has 2 aromatic rings. The third kappa shape index (κ3) is 5.21. The highest BCUT2D eigenvalue weighted by molar-refractivity contribution is 7.92. The van der Waals surface area contributed by atoms with Crippen LogP contribution in [0.4, 0.5) is 18.9 Å². The van der Waals surface area contributed by atoms with Crippen molar-refractivity contribution in [1.29, 1.82) is 0 Å². The smallest absolute Gasteiger partial charge is 0.416 e. The first-order chi connectivity index (χ1) is 11.6. The predicted octanol–water partition coefficient (Wildman–Crippen LogP) is 3.43. The summed E-state index contributed by atoms with van der Waals surface area (Å²) >= 11 is 0. The molecule has 0 spiro atoms. The Labute approximate surface area is 142 Å². The fourth-order valence-corrected chi connectivity index (χ4v) is 2.67. The van der Waals surface area contributed by atoms with Gasteiger partial charge in [-0.05, 0) is 18.2 Å². The van der Waals surface area contributed by atoms with E-state index in [0.717, 1.165) is 12.3 Å². The molecule has 5 nitrogen and oxygen atoms in total. The number of para-hydroxylation sites is 1. The number of halogens is 3. The lowest BCUT2D eigenvalue weighted by Gasteiger charge is -2.14. The molecule has 0 saturated heterocycles. The number of hydrogen-bond donors (Lipinski definition) is 1. The molecule has 0 saturated carbocycles. The summed E-state index contributed by atoms with van der Waals surface area (Å²) in [4.78, 5) is 12.1. The van der Waals surface area contributed by atoms with Crippen molar-refractivity contribution in [3.63, 3.8) is 0 Å². The number of ether oxygens (including phenoxy) is 1. The van der Waals surface area contributed by atoms with E-state index in [4.69, 9.17) is 4.74 Å². The standard InChI is InChI=1S/C16H14F3NO4S/c1-25(22,23)20-14-9-5-3-7-12(14)15(21)24-10-11-6-2-4-8-13(11)16(17,18)19/h2-9,20H,10H2,1H3. The van der Waals surface area contributed by atoms with E-state index in [-0.39, 0.29) is 16.8 Å². The fourth-order valence-electron chi connectivity index (χ4n) is 2.09. The van der Waals surface area contributed by atoms with Crippen molar-refractivity contribution in [2.75, 3.05) is 11.0 Å². The van der Waals surface area contributed by atoms with Gasteiger partial charge in [-0.2, -0.15) is 13.2 Å². The van der Waals surface area contributed by atoms with E-state index in [0.29, 0.717) is 0 Å². The van der Waals surface area contributed by atoms with Crippen molar-refractivity contribution >= 4 is 21.7 Å². The normalized spacial score (nSPS) is 11.8. The zero-order valence-electron chi connectivity index (χ0n) is 13.0. The summed E-state index contributed by atoms with van der Waals surface area (Å²) in [5.74, 6) is -0.941. The predicted molar refractivity (Wildman–Crippen MR) is 85.5 cm³/mol. The number of alkyl halides is 3. The average molecular weight is 373 g/mol. The van der Waals surface area contributed by atoms with Gasteiger partial charge in [-0.1, -0.05) is 30.3 Å². The number of carbonyl (C=O) groups is 1. The van der Waals surface area contributed by atoms with Gasteiger partial charge >= 0.3 is 12.1 Å². The molecule has 0 bridgehead atoms. The quantitative estimate of drug-likeness (QED) is 0.815. The molecule has 0 radical (unpaired) electrons. The number of carbonyl (C=O) groups excluding carboxylic acids is 1. The SMILES string of the molecule is CS(=O)(=O)Nc1ccccc1C(=O)OCc1ccccc1C(F)(F)F. The van der Waals surface area contributed by atoms with Gasteiger partial charge in [0.2, 0.25) is 10.0 Å².